The highest BCUT2D eigenvalue weighted by atomic mass is 15.2. The number of nitrogens with zero attached hydrogens (tertiary/aromatic N) is 4. The fraction of sp³-hybridized carbons (Fsp3) is 0.667. The molecule has 0 fully saturated rings. The third kappa shape index (κ3) is 3.60. The van der Waals surface area contributed by atoms with Crippen molar-refractivity contribution < 1.29 is 0 Å². The molecule has 0 radical (unpaired) electrons. The summed E-state index contributed by atoms with van der Waals surface area (Å²) >= 11 is 0. The second-order valence-electron chi connectivity index (χ2n) is 5.39. The molecule has 0 bridgehead atoms. The molecule has 1 aromatic rings. The first kappa shape index (κ1) is 16.2. The molecule has 5 heteroatoms. The van der Waals surface area contributed by atoms with Crippen LogP contribution in [0.2, 0.25) is 0 Å². The van der Waals surface area contributed by atoms with Gasteiger partial charge in [-0.1, -0.05) is 13.8 Å². The van der Waals surface area contributed by atoms with Crippen molar-refractivity contribution in [2.24, 2.45) is 0 Å². The van der Waals surface area contributed by atoms with E-state index in [1.54, 1.807) is 0 Å². The van der Waals surface area contributed by atoms with Crippen LogP contribution in [0.3, 0.4) is 0 Å². The average molecular weight is 275 g/mol. The van der Waals surface area contributed by atoms with Crippen LogP contribution >= 0.6 is 0 Å². The predicted octanol–water partition coefficient (Wildman–Crippen LogP) is 3.08. The fourth-order valence-corrected chi connectivity index (χ4v) is 1.94. The van der Waals surface area contributed by atoms with Crippen molar-refractivity contribution in [3.05, 3.63) is 11.4 Å². The van der Waals surface area contributed by atoms with E-state index < -0.39 is 0 Å². The molecule has 0 aromatic carbocycles. The number of anilines is 2. The lowest BCUT2D eigenvalue weighted by atomic mass is 10.1. The predicted molar refractivity (Wildman–Crippen MR) is 83.1 cm³/mol. The number of nitrogens with one attached hydrogen (secondary N) is 1. The van der Waals surface area contributed by atoms with Gasteiger partial charge in [0.15, 0.2) is 0 Å². The summed E-state index contributed by atoms with van der Waals surface area (Å²) in [7, 11) is 1.98. The van der Waals surface area contributed by atoms with Crippen molar-refractivity contribution in [2.45, 2.75) is 53.0 Å². The lowest BCUT2D eigenvalue weighted by Gasteiger charge is -2.27. The highest BCUT2D eigenvalue weighted by Gasteiger charge is 2.18. The topological polar surface area (TPSA) is 64.8 Å². The van der Waals surface area contributed by atoms with Gasteiger partial charge in [0.2, 0.25) is 0 Å². The third-order valence-corrected chi connectivity index (χ3v) is 3.38. The standard InChI is InChI=1S/C15H25N5/c1-7-17-14-12(5)15(19-13(18-14)10(2)3)20(6)11(4)8-9-16/h10-11H,7-8H2,1-6H3,(H,17,18,19). The van der Waals surface area contributed by atoms with Crippen LogP contribution in [0.4, 0.5) is 11.6 Å². The zero-order valence-corrected chi connectivity index (χ0v) is 13.4. The zero-order valence-electron chi connectivity index (χ0n) is 13.4. The monoisotopic (exact) mass is 275 g/mol. The average Bonchev–Trinajstić information content (AvgIpc) is 2.40. The van der Waals surface area contributed by atoms with Gasteiger partial charge in [-0.05, 0) is 20.8 Å². The van der Waals surface area contributed by atoms with Crippen LogP contribution in [0.1, 0.15) is 51.4 Å². The highest BCUT2D eigenvalue weighted by Crippen LogP contribution is 2.26. The molecule has 0 aliphatic rings. The van der Waals surface area contributed by atoms with E-state index in [0.717, 1.165) is 29.6 Å². The summed E-state index contributed by atoms with van der Waals surface area (Å²) < 4.78 is 0. The Morgan fingerprint density at radius 3 is 2.45 bits per heavy atom. The summed E-state index contributed by atoms with van der Waals surface area (Å²) in [4.78, 5) is 11.3. The molecule has 0 saturated heterocycles. The lowest BCUT2D eigenvalue weighted by Crippen LogP contribution is -2.30. The molecule has 0 amide bonds. The Morgan fingerprint density at radius 1 is 1.30 bits per heavy atom. The maximum Gasteiger partial charge on any atom is 0.137 e. The molecule has 0 saturated carbocycles. The van der Waals surface area contributed by atoms with Gasteiger partial charge in [-0.15, -0.1) is 0 Å². The zero-order chi connectivity index (χ0) is 15.3. The number of hydrogen-bond acceptors (Lipinski definition) is 5. The number of nitriles is 1. The minimum absolute atomic E-state index is 0.128. The quantitative estimate of drug-likeness (QED) is 0.864. The van der Waals surface area contributed by atoms with Crippen molar-refractivity contribution >= 4 is 11.6 Å². The molecule has 1 unspecified atom stereocenters. The van der Waals surface area contributed by atoms with E-state index >= 15 is 0 Å². The van der Waals surface area contributed by atoms with Gasteiger partial charge in [-0.3, -0.25) is 0 Å². The first-order valence-corrected chi connectivity index (χ1v) is 7.14. The molecule has 0 spiro atoms. The van der Waals surface area contributed by atoms with Crippen molar-refractivity contribution in [3.63, 3.8) is 0 Å². The second kappa shape index (κ2) is 7.09. The Balaban J connectivity index is 3.26. The number of aromatic nitrogens is 2. The first-order chi connectivity index (χ1) is 9.42. The number of rotatable bonds is 6. The Morgan fingerprint density at radius 2 is 1.95 bits per heavy atom. The van der Waals surface area contributed by atoms with Crippen molar-refractivity contribution in [1.29, 1.82) is 5.26 Å². The largest absolute Gasteiger partial charge is 0.370 e. The van der Waals surface area contributed by atoms with E-state index in [2.05, 4.69) is 47.0 Å². The summed E-state index contributed by atoms with van der Waals surface area (Å²) in [5, 5.41) is 12.2. The van der Waals surface area contributed by atoms with Crippen molar-refractivity contribution in [2.75, 3.05) is 23.8 Å². The SMILES string of the molecule is CCNc1nc(C(C)C)nc(N(C)C(C)CC#N)c1C. The normalized spacial score (nSPS) is 12.1. The molecule has 1 rings (SSSR count). The Bertz CT molecular complexity index is 490. The van der Waals surface area contributed by atoms with Gasteiger partial charge in [-0.2, -0.15) is 5.26 Å². The Kier molecular flexibility index (Phi) is 5.75. The van der Waals surface area contributed by atoms with Crippen molar-refractivity contribution in [1.82, 2.24) is 9.97 Å². The van der Waals surface area contributed by atoms with E-state index in [9.17, 15) is 0 Å². The molecule has 1 atom stereocenters. The molecule has 5 nitrogen and oxygen atoms in total. The van der Waals surface area contributed by atoms with E-state index in [1.165, 1.54) is 0 Å². The maximum absolute atomic E-state index is 8.86. The van der Waals surface area contributed by atoms with Crippen LogP contribution < -0.4 is 10.2 Å². The van der Waals surface area contributed by atoms with E-state index in [-0.39, 0.29) is 12.0 Å². The van der Waals surface area contributed by atoms with Gasteiger partial charge in [-0.25, -0.2) is 9.97 Å². The summed E-state index contributed by atoms with van der Waals surface area (Å²) in [5.74, 6) is 2.89. The van der Waals surface area contributed by atoms with Crippen LogP contribution in [0.25, 0.3) is 0 Å². The molecule has 110 valence electrons. The first-order valence-electron chi connectivity index (χ1n) is 7.14. The summed E-state index contributed by atoms with van der Waals surface area (Å²) in [6.07, 6.45) is 0.480. The van der Waals surface area contributed by atoms with E-state index in [4.69, 9.17) is 5.26 Å². The third-order valence-electron chi connectivity index (χ3n) is 3.38. The van der Waals surface area contributed by atoms with Gasteiger partial charge in [0.25, 0.3) is 0 Å². The molecule has 1 aromatic heterocycles. The van der Waals surface area contributed by atoms with Gasteiger partial charge in [0, 0.05) is 31.1 Å². The van der Waals surface area contributed by atoms with E-state index in [1.807, 2.05) is 20.9 Å². The molecule has 20 heavy (non-hydrogen) atoms. The van der Waals surface area contributed by atoms with Crippen LogP contribution in [0.5, 0.6) is 0 Å². The maximum atomic E-state index is 8.86. The summed E-state index contributed by atoms with van der Waals surface area (Å²) in [5.41, 5.74) is 1.03. The summed E-state index contributed by atoms with van der Waals surface area (Å²) in [6.45, 7) is 11.1. The molecule has 1 N–H and O–H groups in total. The van der Waals surface area contributed by atoms with Crippen LogP contribution in [0.15, 0.2) is 0 Å². The van der Waals surface area contributed by atoms with Crippen LogP contribution in [0, 0.1) is 18.3 Å². The Labute approximate surface area is 122 Å². The molecular weight excluding hydrogens is 250 g/mol. The summed E-state index contributed by atoms with van der Waals surface area (Å²) in [6, 6.07) is 2.34. The Hall–Kier alpha value is -1.83. The minimum atomic E-state index is 0.128. The van der Waals surface area contributed by atoms with E-state index in [0.29, 0.717) is 6.42 Å². The van der Waals surface area contributed by atoms with Gasteiger partial charge in [0.1, 0.15) is 17.5 Å². The van der Waals surface area contributed by atoms with Crippen LogP contribution in [-0.2, 0) is 0 Å². The fourth-order valence-electron chi connectivity index (χ4n) is 1.94. The smallest absolute Gasteiger partial charge is 0.137 e. The minimum Gasteiger partial charge on any atom is -0.370 e. The molecular formula is C15H25N5. The van der Waals surface area contributed by atoms with Gasteiger partial charge in [0.05, 0.1) is 12.5 Å². The van der Waals surface area contributed by atoms with Gasteiger partial charge < -0.3 is 10.2 Å². The molecule has 1 heterocycles. The second-order valence-corrected chi connectivity index (χ2v) is 5.39. The van der Waals surface area contributed by atoms with Crippen molar-refractivity contribution in [3.8, 4) is 6.07 Å². The molecule has 0 aliphatic heterocycles. The van der Waals surface area contributed by atoms with Crippen LogP contribution in [-0.4, -0.2) is 29.6 Å². The highest BCUT2D eigenvalue weighted by molar-refractivity contribution is 5.59. The van der Waals surface area contributed by atoms with Gasteiger partial charge >= 0.3 is 0 Å². The number of hydrogen-bond donors (Lipinski definition) is 1. The lowest BCUT2D eigenvalue weighted by molar-refractivity contribution is 0.680. The molecule has 0 aliphatic carbocycles.